The number of nitrogens with zero attached hydrogens (tertiary/aromatic N) is 3. The SMILES string of the molecule is N#Cc1ccc(-n2cc(I)cn2)c(Cl)c1. The molecule has 0 fully saturated rings. The fourth-order valence-electron chi connectivity index (χ4n) is 1.19. The van der Waals surface area contributed by atoms with Crippen LogP contribution in [0.4, 0.5) is 0 Å². The highest BCUT2D eigenvalue weighted by Gasteiger charge is 2.05. The molecule has 0 atom stereocenters. The van der Waals surface area contributed by atoms with Crippen LogP contribution < -0.4 is 0 Å². The number of nitriles is 1. The van der Waals surface area contributed by atoms with Crippen molar-refractivity contribution in [1.82, 2.24) is 9.78 Å². The second kappa shape index (κ2) is 4.21. The summed E-state index contributed by atoms with van der Waals surface area (Å²) in [6.45, 7) is 0. The van der Waals surface area contributed by atoms with E-state index in [1.54, 1.807) is 29.1 Å². The standard InChI is InChI=1S/C10H5ClIN3/c11-9-3-7(4-13)1-2-10(9)15-6-8(12)5-14-15/h1-3,5-6H. The lowest BCUT2D eigenvalue weighted by atomic mass is 10.2. The van der Waals surface area contributed by atoms with Gasteiger partial charge in [-0.3, -0.25) is 0 Å². The average Bonchev–Trinajstić information content (AvgIpc) is 2.64. The molecule has 0 N–H and O–H groups in total. The Kier molecular flexibility index (Phi) is 2.93. The molecule has 1 heterocycles. The number of hydrogen-bond donors (Lipinski definition) is 0. The summed E-state index contributed by atoms with van der Waals surface area (Å²) in [5, 5.41) is 13.4. The van der Waals surface area contributed by atoms with Crippen molar-refractivity contribution in [2.75, 3.05) is 0 Å². The fourth-order valence-corrected chi connectivity index (χ4v) is 1.85. The zero-order chi connectivity index (χ0) is 10.8. The van der Waals surface area contributed by atoms with Gasteiger partial charge in [0.15, 0.2) is 0 Å². The molecule has 1 aromatic heterocycles. The van der Waals surface area contributed by atoms with Crippen LogP contribution in [0.2, 0.25) is 5.02 Å². The first-order chi connectivity index (χ1) is 7.20. The maximum absolute atomic E-state index is 8.70. The van der Waals surface area contributed by atoms with Gasteiger partial charge in [0.05, 0.1) is 32.1 Å². The third-order valence-corrected chi connectivity index (χ3v) is 2.73. The quantitative estimate of drug-likeness (QED) is 0.755. The first-order valence-electron chi connectivity index (χ1n) is 4.11. The summed E-state index contributed by atoms with van der Waals surface area (Å²) < 4.78 is 2.72. The van der Waals surface area contributed by atoms with Gasteiger partial charge >= 0.3 is 0 Å². The van der Waals surface area contributed by atoms with E-state index in [9.17, 15) is 0 Å². The van der Waals surface area contributed by atoms with Crippen molar-refractivity contribution in [1.29, 1.82) is 5.26 Å². The number of benzene rings is 1. The van der Waals surface area contributed by atoms with Crippen molar-refractivity contribution in [3.8, 4) is 11.8 Å². The molecule has 5 heteroatoms. The molecule has 15 heavy (non-hydrogen) atoms. The first kappa shape index (κ1) is 10.5. The van der Waals surface area contributed by atoms with Gasteiger partial charge in [-0.25, -0.2) is 4.68 Å². The van der Waals surface area contributed by atoms with Crippen LogP contribution in [0.5, 0.6) is 0 Å². The molecule has 74 valence electrons. The van der Waals surface area contributed by atoms with E-state index in [1.165, 1.54) is 0 Å². The monoisotopic (exact) mass is 329 g/mol. The van der Waals surface area contributed by atoms with Gasteiger partial charge in [-0.15, -0.1) is 0 Å². The Bertz CT molecular complexity index is 542. The summed E-state index contributed by atoms with van der Waals surface area (Å²) >= 11 is 8.21. The molecule has 0 bridgehead atoms. The third-order valence-electron chi connectivity index (χ3n) is 1.87. The number of halogens is 2. The highest BCUT2D eigenvalue weighted by atomic mass is 127. The van der Waals surface area contributed by atoms with Crippen LogP contribution in [0.15, 0.2) is 30.6 Å². The maximum atomic E-state index is 8.70. The van der Waals surface area contributed by atoms with Crippen molar-refractivity contribution in [3.63, 3.8) is 0 Å². The molecule has 0 spiro atoms. The lowest BCUT2D eigenvalue weighted by Crippen LogP contribution is -1.95. The van der Waals surface area contributed by atoms with E-state index in [-0.39, 0.29) is 0 Å². The van der Waals surface area contributed by atoms with Crippen LogP contribution in [0, 0.1) is 14.9 Å². The molecule has 2 aromatic rings. The summed E-state index contributed by atoms with van der Waals surface area (Å²) in [6.07, 6.45) is 3.61. The van der Waals surface area contributed by atoms with Gasteiger partial charge < -0.3 is 0 Å². The first-order valence-corrected chi connectivity index (χ1v) is 5.56. The average molecular weight is 330 g/mol. The largest absolute Gasteiger partial charge is 0.238 e. The van der Waals surface area contributed by atoms with Crippen LogP contribution in [0.1, 0.15) is 5.56 Å². The molecule has 0 amide bonds. The van der Waals surface area contributed by atoms with E-state index in [1.807, 2.05) is 12.3 Å². The molecule has 0 saturated carbocycles. The normalized spacial score (nSPS) is 9.93. The van der Waals surface area contributed by atoms with Gasteiger partial charge in [0.25, 0.3) is 0 Å². The third kappa shape index (κ3) is 2.13. The summed E-state index contributed by atoms with van der Waals surface area (Å²) in [6, 6.07) is 7.17. The highest BCUT2D eigenvalue weighted by molar-refractivity contribution is 14.1. The van der Waals surface area contributed by atoms with Crippen LogP contribution in [0.3, 0.4) is 0 Å². The van der Waals surface area contributed by atoms with Gasteiger partial charge in [-0.05, 0) is 40.8 Å². The number of rotatable bonds is 1. The second-order valence-corrected chi connectivity index (χ2v) is 4.53. The predicted octanol–water partition coefficient (Wildman–Crippen LogP) is 3.00. The summed E-state index contributed by atoms with van der Waals surface area (Å²) in [7, 11) is 0. The molecular formula is C10H5ClIN3. The fraction of sp³-hybridized carbons (Fsp3) is 0. The van der Waals surface area contributed by atoms with E-state index in [0.717, 1.165) is 9.26 Å². The Balaban J connectivity index is 2.51. The highest BCUT2D eigenvalue weighted by Crippen LogP contribution is 2.21. The Morgan fingerprint density at radius 2 is 2.27 bits per heavy atom. The minimum absolute atomic E-state index is 0.522. The van der Waals surface area contributed by atoms with E-state index >= 15 is 0 Å². The molecule has 0 radical (unpaired) electrons. The molecule has 0 aliphatic heterocycles. The maximum Gasteiger partial charge on any atom is 0.0992 e. The Morgan fingerprint density at radius 3 is 2.80 bits per heavy atom. The van der Waals surface area contributed by atoms with Crippen LogP contribution in [0.25, 0.3) is 5.69 Å². The Morgan fingerprint density at radius 1 is 1.47 bits per heavy atom. The Labute approximate surface area is 105 Å². The van der Waals surface area contributed by atoms with Gasteiger partial charge in [-0.1, -0.05) is 11.6 Å². The lowest BCUT2D eigenvalue weighted by molar-refractivity contribution is 0.880. The summed E-state index contributed by atoms with van der Waals surface area (Å²) in [5.41, 5.74) is 1.32. The van der Waals surface area contributed by atoms with Gasteiger partial charge in [0.2, 0.25) is 0 Å². The number of aromatic nitrogens is 2. The molecule has 2 rings (SSSR count). The van der Waals surface area contributed by atoms with Crippen molar-refractivity contribution in [2.45, 2.75) is 0 Å². The van der Waals surface area contributed by atoms with E-state index < -0.39 is 0 Å². The molecule has 0 aliphatic carbocycles. The molecule has 1 aromatic carbocycles. The molecule has 0 saturated heterocycles. The van der Waals surface area contributed by atoms with Crippen molar-refractivity contribution < 1.29 is 0 Å². The molecule has 0 aliphatic rings. The van der Waals surface area contributed by atoms with Gasteiger partial charge in [-0.2, -0.15) is 10.4 Å². The summed E-state index contributed by atoms with van der Waals surface area (Å²) in [5.74, 6) is 0. The minimum Gasteiger partial charge on any atom is -0.238 e. The number of hydrogen-bond acceptors (Lipinski definition) is 2. The van der Waals surface area contributed by atoms with Gasteiger partial charge in [0.1, 0.15) is 0 Å². The zero-order valence-electron chi connectivity index (χ0n) is 7.48. The van der Waals surface area contributed by atoms with Crippen LogP contribution in [-0.2, 0) is 0 Å². The second-order valence-electron chi connectivity index (χ2n) is 2.88. The minimum atomic E-state index is 0.522. The lowest BCUT2D eigenvalue weighted by Gasteiger charge is -2.03. The molecule has 3 nitrogen and oxygen atoms in total. The summed E-state index contributed by atoms with van der Waals surface area (Å²) in [4.78, 5) is 0. The van der Waals surface area contributed by atoms with E-state index in [4.69, 9.17) is 16.9 Å². The van der Waals surface area contributed by atoms with Crippen molar-refractivity contribution in [2.24, 2.45) is 0 Å². The van der Waals surface area contributed by atoms with E-state index in [0.29, 0.717) is 10.6 Å². The topological polar surface area (TPSA) is 41.6 Å². The van der Waals surface area contributed by atoms with Crippen molar-refractivity contribution in [3.05, 3.63) is 44.7 Å². The van der Waals surface area contributed by atoms with Crippen LogP contribution in [-0.4, -0.2) is 9.78 Å². The predicted molar refractivity (Wildman–Crippen MR) is 66.0 cm³/mol. The molecular weight excluding hydrogens is 324 g/mol. The zero-order valence-corrected chi connectivity index (χ0v) is 10.4. The van der Waals surface area contributed by atoms with E-state index in [2.05, 4.69) is 27.7 Å². The van der Waals surface area contributed by atoms with Crippen molar-refractivity contribution >= 4 is 34.2 Å². The smallest absolute Gasteiger partial charge is 0.0992 e. The Hall–Kier alpha value is -1.06. The van der Waals surface area contributed by atoms with Crippen LogP contribution >= 0.6 is 34.2 Å². The molecule has 0 unspecified atom stereocenters. The van der Waals surface area contributed by atoms with Gasteiger partial charge in [0, 0.05) is 6.20 Å².